The Morgan fingerprint density at radius 1 is 1.50 bits per heavy atom. The van der Waals surface area contributed by atoms with E-state index < -0.39 is 10.0 Å². The molecule has 0 aliphatic carbocycles. The van der Waals surface area contributed by atoms with Gasteiger partial charge in [-0.3, -0.25) is 4.79 Å². The Balaban J connectivity index is 2.15. The molecular weight excluding hydrogens is 360 g/mol. The lowest BCUT2D eigenvalue weighted by molar-refractivity contribution is 0.582. The van der Waals surface area contributed by atoms with E-state index in [1.54, 1.807) is 11.4 Å². The monoisotopic (exact) mass is 368 g/mol. The van der Waals surface area contributed by atoms with Gasteiger partial charge in [-0.05, 0) is 34.5 Å². The van der Waals surface area contributed by atoms with Crippen LogP contribution in [-0.4, -0.2) is 13.4 Å². The van der Waals surface area contributed by atoms with E-state index in [2.05, 4.69) is 25.6 Å². The topological polar surface area (TPSA) is 79.0 Å². The lowest BCUT2D eigenvalue weighted by Crippen LogP contribution is -2.22. The van der Waals surface area contributed by atoms with Crippen LogP contribution in [0.5, 0.6) is 0 Å². The first-order valence-electron chi connectivity index (χ1n) is 4.81. The van der Waals surface area contributed by atoms with Crippen molar-refractivity contribution in [2.24, 2.45) is 0 Å². The van der Waals surface area contributed by atoms with Crippen LogP contribution < -0.4 is 9.60 Å². The summed E-state index contributed by atoms with van der Waals surface area (Å²) >= 11 is 5.45. The minimum absolute atomic E-state index is 0.0790. The lowest BCUT2D eigenvalue weighted by atomic mass is 10.4. The summed E-state index contributed by atoms with van der Waals surface area (Å²) in [6.45, 7) is 1.91. The highest BCUT2D eigenvalue weighted by molar-refractivity contribution is 9.11. The SMILES string of the molecule is Cc1cc(S(=O)(=O)NCc2csc(=O)[nH]2)sc1Br. The third kappa shape index (κ3) is 3.09. The summed E-state index contributed by atoms with van der Waals surface area (Å²) in [4.78, 5) is 13.3. The molecule has 9 heteroatoms. The van der Waals surface area contributed by atoms with Crippen molar-refractivity contribution in [1.82, 2.24) is 9.71 Å². The Morgan fingerprint density at radius 3 is 2.72 bits per heavy atom. The fraction of sp³-hybridized carbons (Fsp3) is 0.222. The molecule has 0 unspecified atom stereocenters. The summed E-state index contributed by atoms with van der Waals surface area (Å²) in [6, 6.07) is 1.60. The molecule has 0 saturated heterocycles. The maximum Gasteiger partial charge on any atom is 0.304 e. The van der Waals surface area contributed by atoms with Crippen molar-refractivity contribution in [2.45, 2.75) is 17.7 Å². The molecule has 0 fully saturated rings. The number of thiazole rings is 1. The van der Waals surface area contributed by atoms with Gasteiger partial charge in [0.1, 0.15) is 4.21 Å². The fourth-order valence-electron chi connectivity index (χ4n) is 1.21. The number of rotatable bonds is 4. The quantitative estimate of drug-likeness (QED) is 0.866. The summed E-state index contributed by atoms with van der Waals surface area (Å²) in [7, 11) is -3.53. The molecule has 5 nitrogen and oxygen atoms in total. The van der Waals surface area contributed by atoms with Gasteiger partial charge >= 0.3 is 4.87 Å². The average molecular weight is 369 g/mol. The highest BCUT2D eigenvalue weighted by atomic mass is 79.9. The predicted octanol–water partition coefficient (Wildman–Crippen LogP) is 2.05. The summed E-state index contributed by atoms with van der Waals surface area (Å²) in [5, 5.41) is 1.60. The zero-order valence-electron chi connectivity index (χ0n) is 9.19. The second kappa shape index (κ2) is 5.25. The van der Waals surface area contributed by atoms with Crippen molar-refractivity contribution in [1.29, 1.82) is 0 Å². The Morgan fingerprint density at radius 2 is 2.22 bits per heavy atom. The number of aromatic amines is 1. The second-order valence-electron chi connectivity index (χ2n) is 3.52. The molecule has 0 aliphatic rings. The molecule has 2 N–H and O–H groups in total. The van der Waals surface area contributed by atoms with Gasteiger partial charge in [-0.25, -0.2) is 13.1 Å². The summed E-state index contributed by atoms with van der Waals surface area (Å²) < 4.78 is 27.4. The summed E-state index contributed by atoms with van der Waals surface area (Å²) in [6.07, 6.45) is 0. The molecule has 0 amide bonds. The third-order valence-corrected chi connectivity index (χ3v) is 6.85. The number of nitrogens with one attached hydrogen (secondary N) is 2. The highest BCUT2D eigenvalue weighted by Crippen LogP contribution is 2.30. The molecule has 0 bridgehead atoms. The van der Waals surface area contributed by atoms with Gasteiger partial charge in [0.25, 0.3) is 0 Å². The number of halogens is 1. The van der Waals surface area contributed by atoms with Gasteiger partial charge in [-0.1, -0.05) is 11.3 Å². The van der Waals surface area contributed by atoms with Crippen LogP contribution in [0.15, 0.2) is 24.2 Å². The number of H-pyrrole nitrogens is 1. The molecule has 0 aromatic carbocycles. The van der Waals surface area contributed by atoms with Crippen LogP contribution in [0.3, 0.4) is 0 Å². The Bertz CT molecular complexity index is 694. The zero-order valence-corrected chi connectivity index (χ0v) is 13.2. The first-order valence-corrected chi connectivity index (χ1v) is 8.78. The molecule has 0 spiro atoms. The maximum absolute atomic E-state index is 12.0. The minimum atomic E-state index is -3.53. The summed E-state index contributed by atoms with van der Waals surface area (Å²) in [5.74, 6) is 0. The molecule has 0 aliphatic heterocycles. The van der Waals surface area contributed by atoms with Gasteiger partial charge in [0.15, 0.2) is 0 Å². The molecule has 2 aromatic heterocycles. The number of sulfonamides is 1. The van der Waals surface area contributed by atoms with E-state index in [-0.39, 0.29) is 15.6 Å². The van der Waals surface area contributed by atoms with Crippen LogP contribution in [0, 0.1) is 6.92 Å². The van der Waals surface area contributed by atoms with Crippen molar-refractivity contribution < 1.29 is 8.42 Å². The van der Waals surface area contributed by atoms with Crippen LogP contribution in [0.2, 0.25) is 0 Å². The van der Waals surface area contributed by atoms with Crippen LogP contribution in [-0.2, 0) is 16.6 Å². The largest absolute Gasteiger partial charge is 0.315 e. The Hall–Kier alpha value is -0.480. The number of aryl methyl sites for hydroxylation is 1. The van der Waals surface area contributed by atoms with E-state index in [1.807, 2.05) is 6.92 Å². The Kier molecular flexibility index (Phi) is 4.07. The molecule has 0 saturated carbocycles. The normalized spacial score (nSPS) is 11.9. The van der Waals surface area contributed by atoms with Gasteiger partial charge in [0, 0.05) is 11.1 Å². The van der Waals surface area contributed by atoms with Gasteiger partial charge < -0.3 is 4.98 Å². The third-order valence-electron chi connectivity index (χ3n) is 2.12. The first kappa shape index (κ1) is 13.9. The van der Waals surface area contributed by atoms with E-state index >= 15 is 0 Å². The van der Waals surface area contributed by atoms with Crippen molar-refractivity contribution in [3.05, 3.63) is 36.2 Å². The molecule has 98 valence electrons. The molecule has 0 atom stereocenters. The summed E-state index contributed by atoms with van der Waals surface area (Å²) in [5.41, 5.74) is 1.44. The standard InChI is InChI=1S/C9H9BrN2O3S3/c1-5-2-7(17-8(5)10)18(14,15)11-3-6-4-16-9(13)12-6/h2,4,11H,3H2,1H3,(H,12,13). The molecular formula is C9H9BrN2O3S3. The molecule has 2 heterocycles. The van der Waals surface area contributed by atoms with E-state index in [0.717, 1.165) is 32.0 Å². The molecule has 18 heavy (non-hydrogen) atoms. The number of aromatic nitrogens is 1. The predicted molar refractivity (Wildman–Crippen MR) is 75.7 cm³/mol. The second-order valence-corrected chi connectivity index (χ2v) is 8.73. The molecule has 2 aromatic rings. The van der Waals surface area contributed by atoms with Crippen LogP contribution >= 0.6 is 38.6 Å². The maximum atomic E-state index is 12.0. The molecule has 2 rings (SSSR count). The minimum Gasteiger partial charge on any atom is -0.315 e. The van der Waals surface area contributed by atoms with Crippen molar-refractivity contribution >= 4 is 48.6 Å². The van der Waals surface area contributed by atoms with Crippen molar-refractivity contribution in [3.63, 3.8) is 0 Å². The van der Waals surface area contributed by atoms with E-state index in [9.17, 15) is 13.2 Å². The first-order chi connectivity index (χ1) is 8.38. The van der Waals surface area contributed by atoms with E-state index in [4.69, 9.17) is 0 Å². The van der Waals surface area contributed by atoms with Crippen LogP contribution in [0.4, 0.5) is 0 Å². The van der Waals surface area contributed by atoms with Crippen LogP contribution in [0.25, 0.3) is 0 Å². The van der Waals surface area contributed by atoms with Crippen molar-refractivity contribution in [3.8, 4) is 0 Å². The van der Waals surface area contributed by atoms with Gasteiger partial charge in [0.05, 0.1) is 10.3 Å². The lowest BCUT2D eigenvalue weighted by Gasteiger charge is -2.02. The zero-order chi connectivity index (χ0) is 13.3. The van der Waals surface area contributed by atoms with E-state index in [1.165, 1.54) is 0 Å². The van der Waals surface area contributed by atoms with Gasteiger partial charge in [-0.15, -0.1) is 11.3 Å². The highest BCUT2D eigenvalue weighted by Gasteiger charge is 2.18. The number of hydrogen-bond donors (Lipinski definition) is 2. The molecule has 0 radical (unpaired) electrons. The number of hydrogen-bond acceptors (Lipinski definition) is 5. The smallest absolute Gasteiger partial charge is 0.304 e. The fourth-order valence-corrected chi connectivity index (χ4v) is 5.07. The number of thiophene rings is 1. The average Bonchev–Trinajstić information content (AvgIpc) is 2.84. The van der Waals surface area contributed by atoms with Gasteiger partial charge in [0.2, 0.25) is 10.0 Å². The van der Waals surface area contributed by atoms with Crippen LogP contribution in [0.1, 0.15) is 11.3 Å². The van der Waals surface area contributed by atoms with Crippen molar-refractivity contribution in [2.75, 3.05) is 0 Å². The van der Waals surface area contributed by atoms with E-state index in [0.29, 0.717) is 5.69 Å². The van der Waals surface area contributed by atoms with Gasteiger partial charge in [-0.2, -0.15) is 0 Å². The Labute approximate surface area is 120 Å².